The molecule has 1 aromatic heterocycles. The molecule has 0 spiro atoms. The van der Waals surface area contributed by atoms with Crippen LogP contribution in [0.3, 0.4) is 0 Å². The van der Waals surface area contributed by atoms with E-state index in [4.69, 9.17) is 0 Å². The molecule has 4 nitrogen and oxygen atoms in total. The van der Waals surface area contributed by atoms with Crippen LogP contribution in [0.2, 0.25) is 0 Å². The number of anilines is 1. The fourth-order valence-corrected chi connectivity index (χ4v) is 2.87. The summed E-state index contributed by atoms with van der Waals surface area (Å²) < 4.78 is 0. The lowest BCUT2D eigenvalue weighted by Gasteiger charge is -2.32. The molecule has 0 saturated heterocycles. The molecular weight excluding hydrogens is 262 g/mol. The average molecular weight is 289 g/mol. The zero-order valence-corrected chi connectivity index (χ0v) is 13.4. The number of carbonyl (C=O) groups excluding carboxylic acids is 1. The SMILES string of the molecule is CCCNc1cc(C(=O)NC2CCC(C)C(C)C2)ccn1. The summed E-state index contributed by atoms with van der Waals surface area (Å²) >= 11 is 0. The Bertz CT molecular complexity index is 475. The van der Waals surface area contributed by atoms with Gasteiger partial charge in [-0.2, -0.15) is 0 Å². The van der Waals surface area contributed by atoms with Crippen LogP contribution < -0.4 is 10.6 Å². The Morgan fingerprint density at radius 1 is 1.33 bits per heavy atom. The zero-order chi connectivity index (χ0) is 15.2. The van der Waals surface area contributed by atoms with Gasteiger partial charge in [0, 0.05) is 24.3 Å². The van der Waals surface area contributed by atoms with Gasteiger partial charge >= 0.3 is 0 Å². The summed E-state index contributed by atoms with van der Waals surface area (Å²) in [6.45, 7) is 7.56. The van der Waals surface area contributed by atoms with Gasteiger partial charge in [0.1, 0.15) is 5.82 Å². The van der Waals surface area contributed by atoms with E-state index < -0.39 is 0 Å². The fraction of sp³-hybridized carbons (Fsp3) is 0.647. The van der Waals surface area contributed by atoms with E-state index in [0.29, 0.717) is 17.5 Å². The molecule has 2 rings (SSSR count). The smallest absolute Gasteiger partial charge is 0.251 e. The first-order valence-electron chi connectivity index (χ1n) is 8.11. The highest BCUT2D eigenvalue weighted by Gasteiger charge is 2.25. The second kappa shape index (κ2) is 7.43. The predicted octanol–water partition coefficient (Wildman–Crippen LogP) is 3.46. The Kier molecular flexibility index (Phi) is 5.59. The maximum absolute atomic E-state index is 12.4. The number of nitrogens with zero attached hydrogens (tertiary/aromatic N) is 1. The number of pyridine rings is 1. The van der Waals surface area contributed by atoms with Crippen LogP contribution in [0.4, 0.5) is 5.82 Å². The Balaban J connectivity index is 1.94. The van der Waals surface area contributed by atoms with E-state index in [-0.39, 0.29) is 5.91 Å². The predicted molar refractivity (Wildman–Crippen MR) is 86.5 cm³/mol. The minimum absolute atomic E-state index is 0.0173. The molecule has 2 N–H and O–H groups in total. The normalized spacial score (nSPS) is 25.4. The van der Waals surface area contributed by atoms with Crippen LogP contribution in [-0.4, -0.2) is 23.5 Å². The average Bonchev–Trinajstić information content (AvgIpc) is 2.49. The Morgan fingerprint density at radius 2 is 2.14 bits per heavy atom. The van der Waals surface area contributed by atoms with Gasteiger partial charge in [0.2, 0.25) is 0 Å². The van der Waals surface area contributed by atoms with E-state index in [1.165, 1.54) is 6.42 Å². The van der Waals surface area contributed by atoms with Crippen molar-refractivity contribution in [2.45, 2.75) is 52.5 Å². The van der Waals surface area contributed by atoms with E-state index in [9.17, 15) is 4.79 Å². The molecule has 1 aliphatic carbocycles. The summed E-state index contributed by atoms with van der Waals surface area (Å²) in [7, 11) is 0. The van der Waals surface area contributed by atoms with E-state index >= 15 is 0 Å². The van der Waals surface area contributed by atoms with Gasteiger partial charge in [-0.3, -0.25) is 4.79 Å². The molecule has 0 bridgehead atoms. The van der Waals surface area contributed by atoms with Crippen molar-refractivity contribution in [1.82, 2.24) is 10.3 Å². The quantitative estimate of drug-likeness (QED) is 0.873. The summed E-state index contributed by atoms with van der Waals surface area (Å²) in [5.41, 5.74) is 0.690. The number of carbonyl (C=O) groups is 1. The minimum atomic E-state index is 0.0173. The van der Waals surface area contributed by atoms with Gasteiger partial charge in [-0.15, -0.1) is 0 Å². The molecule has 0 aromatic carbocycles. The van der Waals surface area contributed by atoms with Gasteiger partial charge in [0.05, 0.1) is 0 Å². The van der Waals surface area contributed by atoms with Crippen molar-refractivity contribution in [2.24, 2.45) is 11.8 Å². The lowest BCUT2D eigenvalue weighted by Crippen LogP contribution is -2.39. The highest BCUT2D eigenvalue weighted by Crippen LogP contribution is 2.29. The summed E-state index contributed by atoms with van der Waals surface area (Å²) in [5.74, 6) is 2.24. The molecule has 3 unspecified atom stereocenters. The van der Waals surface area contributed by atoms with Crippen LogP contribution in [0.25, 0.3) is 0 Å². The summed E-state index contributed by atoms with van der Waals surface area (Å²) in [6, 6.07) is 3.92. The third-order valence-electron chi connectivity index (χ3n) is 4.51. The molecule has 1 fully saturated rings. The molecule has 0 radical (unpaired) electrons. The standard InChI is InChI=1S/C17H27N3O/c1-4-8-18-16-11-14(7-9-19-16)17(21)20-15-6-5-12(2)13(3)10-15/h7,9,11-13,15H,4-6,8,10H2,1-3H3,(H,18,19)(H,20,21). The van der Waals surface area contributed by atoms with Gasteiger partial charge in [-0.25, -0.2) is 4.98 Å². The molecule has 1 heterocycles. The first-order valence-corrected chi connectivity index (χ1v) is 8.11. The number of aromatic nitrogens is 1. The van der Waals surface area contributed by atoms with E-state index in [1.807, 2.05) is 6.07 Å². The van der Waals surface area contributed by atoms with Crippen molar-refractivity contribution in [3.63, 3.8) is 0 Å². The topological polar surface area (TPSA) is 54.0 Å². The third kappa shape index (κ3) is 4.45. The minimum Gasteiger partial charge on any atom is -0.370 e. The molecule has 21 heavy (non-hydrogen) atoms. The lowest BCUT2D eigenvalue weighted by atomic mass is 9.79. The monoisotopic (exact) mass is 289 g/mol. The second-order valence-electron chi connectivity index (χ2n) is 6.29. The van der Waals surface area contributed by atoms with Crippen LogP contribution in [-0.2, 0) is 0 Å². The highest BCUT2D eigenvalue weighted by atomic mass is 16.1. The maximum atomic E-state index is 12.4. The fourth-order valence-electron chi connectivity index (χ4n) is 2.87. The molecular formula is C17H27N3O. The van der Waals surface area contributed by atoms with Crippen molar-refractivity contribution in [2.75, 3.05) is 11.9 Å². The van der Waals surface area contributed by atoms with Gasteiger partial charge in [0.25, 0.3) is 5.91 Å². The summed E-state index contributed by atoms with van der Waals surface area (Å²) in [5, 5.41) is 6.39. The first-order chi connectivity index (χ1) is 10.1. The van der Waals surface area contributed by atoms with E-state index in [0.717, 1.165) is 37.5 Å². The van der Waals surface area contributed by atoms with Gasteiger partial charge in [0.15, 0.2) is 0 Å². The molecule has 1 amide bonds. The number of amides is 1. The summed E-state index contributed by atoms with van der Waals surface area (Å²) in [6.07, 6.45) is 6.10. The maximum Gasteiger partial charge on any atom is 0.251 e. The number of hydrogen-bond acceptors (Lipinski definition) is 3. The molecule has 116 valence electrons. The third-order valence-corrected chi connectivity index (χ3v) is 4.51. The van der Waals surface area contributed by atoms with Gasteiger partial charge in [-0.1, -0.05) is 20.8 Å². The van der Waals surface area contributed by atoms with Gasteiger partial charge in [-0.05, 0) is 49.7 Å². The molecule has 1 aliphatic rings. The van der Waals surface area contributed by atoms with Crippen molar-refractivity contribution < 1.29 is 4.79 Å². The Hall–Kier alpha value is -1.58. The van der Waals surface area contributed by atoms with Crippen LogP contribution in [0.5, 0.6) is 0 Å². The van der Waals surface area contributed by atoms with Crippen LogP contribution >= 0.6 is 0 Å². The van der Waals surface area contributed by atoms with Crippen LogP contribution in [0, 0.1) is 11.8 Å². The highest BCUT2D eigenvalue weighted by molar-refractivity contribution is 5.95. The van der Waals surface area contributed by atoms with E-state index in [2.05, 4.69) is 36.4 Å². The van der Waals surface area contributed by atoms with Crippen molar-refractivity contribution in [3.8, 4) is 0 Å². The molecule has 1 aromatic rings. The lowest BCUT2D eigenvalue weighted by molar-refractivity contribution is 0.0910. The van der Waals surface area contributed by atoms with Crippen LogP contribution in [0.1, 0.15) is 56.8 Å². The Morgan fingerprint density at radius 3 is 2.86 bits per heavy atom. The number of hydrogen-bond donors (Lipinski definition) is 2. The van der Waals surface area contributed by atoms with Gasteiger partial charge < -0.3 is 10.6 Å². The second-order valence-corrected chi connectivity index (χ2v) is 6.29. The molecule has 3 atom stereocenters. The van der Waals surface area contributed by atoms with E-state index in [1.54, 1.807) is 12.3 Å². The first kappa shape index (κ1) is 15.8. The summed E-state index contributed by atoms with van der Waals surface area (Å²) in [4.78, 5) is 16.6. The number of nitrogens with one attached hydrogen (secondary N) is 2. The molecule has 4 heteroatoms. The van der Waals surface area contributed by atoms with Crippen molar-refractivity contribution >= 4 is 11.7 Å². The van der Waals surface area contributed by atoms with Crippen molar-refractivity contribution in [3.05, 3.63) is 23.9 Å². The largest absolute Gasteiger partial charge is 0.370 e. The number of rotatable bonds is 5. The van der Waals surface area contributed by atoms with Crippen LogP contribution in [0.15, 0.2) is 18.3 Å². The zero-order valence-electron chi connectivity index (χ0n) is 13.4. The molecule has 0 aliphatic heterocycles. The molecule has 1 saturated carbocycles. The Labute approximate surface area is 127 Å². The van der Waals surface area contributed by atoms with Crippen molar-refractivity contribution in [1.29, 1.82) is 0 Å².